The summed E-state index contributed by atoms with van der Waals surface area (Å²) in [7, 11) is 3.09. The maximum Gasteiger partial charge on any atom is 0.304 e. The van der Waals surface area contributed by atoms with Crippen LogP contribution in [-0.2, 0) is 28.8 Å². The summed E-state index contributed by atoms with van der Waals surface area (Å²) >= 11 is 0. The molecule has 0 aliphatic rings. The van der Waals surface area contributed by atoms with Crippen molar-refractivity contribution in [3.63, 3.8) is 0 Å². The maximum atomic E-state index is 13.2. The van der Waals surface area contributed by atoms with Gasteiger partial charge in [0.15, 0.2) is 0 Å². The molecule has 0 heterocycles. The lowest BCUT2D eigenvalue weighted by Crippen LogP contribution is -2.31. The fourth-order valence-corrected chi connectivity index (χ4v) is 12.8. The lowest BCUT2D eigenvalue weighted by Gasteiger charge is -2.23. The third kappa shape index (κ3) is 30.0. The van der Waals surface area contributed by atoms with Gasteiger partial charge in [-0.15, -0.1) is 0 Å². The van der Waals surface area contributed by atoms with Crippen LogP contribution in [0.1, 0.15) is 148 Å². The van der Waals surface area contributed by atoms with E-state index in [1.54, 1.807) is 121 Å². The molecule has 24 heteroatoms. The number of likely N-dealkylation sites (N-methyl/N-ethyl adjacent to an activating group) is 1. The molecule has 7 N–H and O–H groups in total. The first kappa shape index (κ1) is 92.8. The van der Waals surface area contributed by atoms with Gasteiger partial charge in [0.05, 0.1) is 18.3 Å². The maximum absolute atomic E-state index is 13.2. The lowest BCUT2D eigenvalue weighted by molar-refractivity contribution is -0.137. The van der Waals surface area contributed by atoms with E-state index in [1.165, 1.54) is 189 Å². The number of nitrogens with zero attached hydrogens (tertiary/aromatic N) is 1. The predicted octanol–water partition coefficient (Wildman–Crippen LogP) is 19.9. The molecule has 0 bridgehead atoms. The van der Waals surface area contributed by atoms with E-state index in [4.69, 9.17) is 16.6 Å². The molecule has 0 fully saturated rings. The van der Waals surface area contributed by atoms with Gasteiger partial charge in [0.2, 0.25) is 29.5 Å². The van der Waals surface area contributed by atoms with Gasteiger partial charge in [0.25, 0.3) is 0 Å². The highest BCUT2D eigenvalue weighted by Gasteiger charge is 2.26. The number of benzene rings is 12. The molecule has 12 aromatic rings. The molecule has 12 rings (SSSR count). The highest BCUT2D eigenvalue weighted by molar-refractivity contribution is 5.87. The van der Waals surface area contributed by atoms with Crippen molar-refractivity contribution in [2.75, 3.05) is 27.2 Å². The van der Waals surface area contributed by atoms with Crippen LogP contribution in [0.15, 0.2) is 291 Å². The average molecular weight is 1640 g/mol. The lowest BCUT2D eigenvalue weighted by atomic mass is 9.87. The van der Waals surface area contributed by atoms with Crippen LogP contribution in [0.5, 0.6) is 0 Å². The van der Waals surface area contributed by atoms with E-state index < -0.39 is 41.3 Å². The van der Waals surface area contributed by atoms with Crippen molar-refractivity contribution >= 4 is 35.5 Å². The van der Waals surface area contributed by atoms with Crippen LogP contribution < -0.4 is 22.1 Å². The molecule has 0 saturated heterocycles. The summed E-state index contributed by atoms with van der Waals surface area (Å²) < 4.78 is 156. The van der Waals surface area contributed by atoms with Gasteiger partial charge in [-0.25, -0.2) is 52.7 Å². The molecule has 0 spiro atoms. The van der Waals surface area contributed by atoms with E-state index in [2.05, 4.69) is 10.6 Å². The van der Waals surface area contributed by atoms with Gasteiger partial charge in [-0.05, 0) is 233 Å². The molecule has 0 aliphatic heterocycles. The first-order valence-corrected chi connectivity index (χ1v) is 37.5. The molecule has 0 aliphatic carbocycles. The van der Waals surface area contributed by atoms with Crippen molar-refractivity contribution in [3.05, 3.63) is 428 Å². The molecule has 0 unspecified atom stereocenters. The van der Waals surface area contributed by atoms with Crippen LogP contribution in [0.2, 0.25) is 0 Å². The van der Waals surface area contributed by atoms with Crippen LogP contribution in [0, 0.1) is 69.8 Å². The Bertz CT molecular complexity index is 4920. The summed E-state index contributed by atoms with van der Waals surface area (Å²) in [6.45, 7) is 5.17. The van der Waals surface area contributed by atoms with Crippen molar-refractivity contribution < 1.29 is 86.6 Å². The normalized spacial score (nSPS) is 10.7. The number of carbonyl (C=O) groups is 6. The standard InChI is InChI=1S/C19H21F2NO.2C16H15F2NO.C15H13F2NO.C15H12F2O2.C14H11F2NO/c1-3-22(4-2)19(23)13-18(14-5-9-16(20)10-6-14)15-7-11-17(21)12-8-15;1-19-16(20)10-15(11-2-6-13(17)7-3-11)12-4-8-14(18)9-5-12;17-13-5-1-11(2-6-13)15(9-10-16(19)20)12-3-7-14(18)8-4-12;1-18-15(19)14(10-2-6-12(16)7-3-10)11-4-8-13(17)9-5-11;16-12-5-1-3-10(7-12)14(9-15(18)19)11-4-2-6-13(17)8-11;15-11-5-1-9(2-6-11)13(14(17)18)10-3-7-12(16)8-4-10/h5-12,18H,3-4,13H2,1-2H3;2-9,15H,10H2,1H3,(H,19,20);1-8,15H,9-10H2,(H2,19,20);2-9,14H,1H3,(H,18,19);1-8,14H,9H2,(H,18,19);1-8,13H,(H2,17,18). The van der Waals surface area contributed by atoms with Crippen LogP contribution in [0.25, 0.3) is 0 Å². The van der Waals surface area contributed by atoms with E-state index in [9.17, 15) is 81.5 Å². The number of rotatable bonds is 25. The average Bonchev–Trinajstić information content (AvgIpc) is 0.868. The van der Waals surface area contributed by atoms with Crippen molar-refractivity contribution in [1.29, 1.82) is 0 Å². The highest BCUT2D eigenvalue weighted by Crippen LogP contribution is 2.35. The number of halogens is 12. The third-order valence-electron chi connectivity index (χ3n) is 19.0. The number of nitrogens with one attached hydrogen (secondary N) is 2. The van der Waals surface area contributed by atoms with E-state index in [1.807, 2.05) is 13.8 Å². The second kappa shape index (κ2) is 47.0. The number of nitrogens with two attached hydrogens (primary N) is 2. The largest absolute Gasteiger partial charge is 0.481 e. The Morgan fingerprint density at radius 3 is 0.798 bits per heavy atom. The summed E-state index contributed by atoms with van der Waals surface area (Å²) in [5.74, 6) is -8.98. The minimum absolute atomic E-state index is 0.0358. The Labute approximate surface area is 682 Å². The predicted molar refractivity (Wildman–Crippen MR) is 433 cm³/mol. The first-order chi connectivity index (χ1) is 56.9. The summed E-state index contributed by atoms with van der Waals surface area (Å²) in [6, 6.07) is 70.3. The zero-order valence-corrected chi connectivity index (χ0v) is 65.2. The van der Waals surface area contributed by atoms with Crippen molar-refractivity contribution in [3.8, 4) is 0 Å². The van der Waals surface area contributed by atoms with E-state index >= 15 is 0 Å². The van der Waals surface area contributed by atoms with Gasteiger partial charge in [0.1, 0.15) is 69.8 Å². The van der Waals surface area contributed by atoms with Gasteiger partial charge < -0.3 is 32.1 Å². The summed E-state index contributed by atoms with van der Waals surface area (Å²) in [5, 5.41) is 14.1. The second-order valence-corrected chi connectivity index (χ2v) is 27.0. The molecule has 0 aromatic heterocycles. The van der Waals surface area contributed by atoms with Crippen LogP contribution in [0.3, 0.4) is 0 Å². The smallest absolute Gasteiger partial charge is 0.304 e. The molecular formula is C95H87F12N5O7. The summed E-state index contributed by atoms with van der Waals surface area (Å²) in [4.78, 5) is 71.3. The molecule has 5 amide bonds. The third-order valence-corrected chi connectivity index (χ3v) is 19.0. The van der Waals surface area contributed by atoms with Gasteiger partial charge in [0, 0.05) is 70.1 Å². The Balaban J connectivity index is 0.000000197. The van der Waals surface area contributed by atoms with Crippen LogP contribution in [0.4, 0.5) is 52.7 Å². The summed E-state index contributed by atoms with van der Waals surface area (Å²) in [6.07, 6.45) is 1.02. The molecule has 12 aromatic carbocycles. The number of hydrogen-bond donors (Lipinski definition) is 5. The molecule has 618 valence electrons. The van der Waals surface area contributed by atoms with Gasteiger partial charge >= 0.3 is 5.97 Å². The SMILES string of the molecule is CCN(CC)C(=O)CC(c1ccc(F)cc1)c1ccc(F)cc1.CNC(=O)C(c1ccc(F)cc1)c1ccc(F)cc1.CNC(=O)CC(c1ccc(F)cc1)c1ccc(F)cc1.NC(=O)C(c1ccc(F)cc1)c1ccc(F)cc1.NC(=O)CCC(c1ccc(F)cc1)c1ccc(F)cc1.O=C(O)CC(c1cccc(F)c1)c1cccc(F)c1. The van der Waals surface area contributed by atoms with Crippen LogP contribution in [-0.4, -0.2) is 72.7 Å². The van der Waals surface area contributed by atoms with Crippen molar-refractivity contribution in [2.45, 2.75) is 81.5 Å². The summed E-state index contributed by atoms with van der Waals surface area (Å²) in [5.41, 5.74) is 19.1. The Morgan fingerprint density at radius 1 is 0.311 bits per heavy atom. The number of hydrogen-bond acceptors (Lipinski definition) is 6. The van der Waals surface area contributed by atoms with Gasteiger partial charge in [-0.2, -0.15) is 0 Å². The monoisotopic (exact) mass is 1640 g/mol. The second-order valence-electron chi connectivity index (χ2n) is 27.0. The molecule has 0 atom stereocenters. The fourth-order valence-electron chi connectivity index (χ4n) is 12.8. The minimum Gasteiger partial charge on any atom is -0.481 e. The van der Waals surface area contributed by atoms with E-state index in [0.29, 0.717) is 52.9 Å². The van der Waals surface area contributed by atoms with Gasteiger partial charge in [-0.1, -0.05) is 146 Å². The number of carboxylic acid groups (broad SMARTS) is 1. The fraction of sp³-hybridized carbons (Fsp3) is 0.179. The zero-order chi connectivity index (χ0) is 86.7. The topological polar surface area (TPSA) is 202 Å². The molecular weight excluding hydrogens is 1550 g/mol. The quantitative estimate of drug-likeness (QED) is 0.0350. The number of aliphatic carboxylic acids is 1. The number of carbonyl (C=O) groups excluding carboxylic acids is 5. The van der Waals surface area contributed by atoms with E-state index in [-0.39, 0.29) is 125 Å². The van der Waals surface area contributed by atoms with Gasteiger partial charge in [-0.3, -0.25) is 28.8 Å². The van der Waals surface area contributed by atoms with Crippen molar-refractivity contribution in [1.82, 2.24) is 15.5 Å². The number of primary amides is 2. The zero-order valence-electron chi connectivity index (χ0n) is 65.2. The Hall–Kier alpha value is -13.4. The molecule has 0 saturated carbocycles. The van der Waals surface area contributed by atoms with Crippen molar-refractivity contribution in [2.24, 2.45) is 11.5 Å². The first-order valence-electron chi connectivity index (χ1n) is 37.5. The number of amides is 5. The Morgan fingerprint density at radius 2 is 0.563 bits per heavy atom. The van der Waals surface area contributed by atoms with Crippen LogP contribution >= 0.6 is 0 Å². The minimum atomic E-state index is -1.02. The number of carboxylic acids is 1. The highest BCUT2D eigenvalue weighted by atomic mass is 19.2. The Kier molecular flexibility index (Phi) is 36.6. The molecule has 0 radical (unpaired) electrons. The van der Waals surface area contributed by atoms with E-state index in [0.717, 1.165) is 33.4 Å². The molecule has 119 heavy (non-hydrogen) atoms. The molecule has 12 nitrogen and oxygen atoms in total.